The van der Waals surface area contributed by atoms with E-state index >= 15 is 0 Å². The van der Waals surface area contributed by atoms with Crippen LogP contribution in [0, 0.1) is 0 Å². The van der Waals surface area contributed by atoms with E-state index in [0.29, 0.717) is 10.7 Å². The summed E-state index contributed by atoms with van der Waals surface area (Å²) in [6.07, 6.45) is 0. The maximum Gasteiger partial charge on any atom is 0.274 e. The molecule has 0 saturated heterocycles. The molecule has 0 bridgehead atoms. The van der Waals surface area contributed by atoms with Crippen LogP contribution in [0.5, 0.6) is 0 Å². The summed E-state index contributed by atoms with van der Waals surface area (Å²) in [5, 5.41) is 2.77. The Hall–Kier alpha value is -1.00. The molecule has 1 unspecified atom stereocenters. The van der Waals surface area contributed by atoms with Gasteiger partial charge in [-0.3, -0.25) is 4.79 Å². The number of anilines is 2. The third-order valence-corrected chi connectivity index (χ3v) is 2.40. The van der Waals surface area contributed by atoms with Crippen LogP contribution in [0.4, 0.5) is 15.8 Å². The van der Waals surface area contributed by atoms with Gasteiger partial charge in [-0.25, -0.2) is 4.39 Å². The van der Waals surface area contributed by atoms with Gasteiger partial charge in [0, 0.05) is 19.8 Å². The molecular formula is C10H11Cl2FN2O. The fraction of sp³-hybridized carbons (Fsp3) is 0.300. The smallest absolute Gasteiger partial charge is 0.274 e. The van der Waals surface area contributed by atoms with Gasteiger partial charge >= 0.3 is 0 Å². The van der Waals surface area contributed by atoms with Crippen molar-refractivity contribution in [2.24, 2.45) is 0 Å². The minimum Gasteiger partial charge on any atom is -0.376 e. The first-order valence-electron chi connectivity index (χ1n) is 4.47. The number of nitrogens with zero attached hydrogens (tertiary/aromatic N) is 1. The molecule has 0 aliphatic carbocycles. The lowest BCUT2D eigenvalue weighted by molar-refractivity contribution is -0.118. The highest BCUT2D eigenvalue weighted by Crippen LogP contribution is 2.27. The zero-order valence-electron chi connectivity index (χ0n) is 8.80. The summed E-state index contributed by atoms with van der Waals surface area (Å²) < 4.78 is 12.4. The van der Waals surface area contributed by atoms with Crippen molar-refractivity contribution >= 4 is 40.5 Å². The highest BCUT2D eigenvalue weighted by Gasteiger charge is 2.13. The molecule has 0 heterocycles. The zero-order valence-corrected chi connectivity index (χ0v) is 10.3. The Bertz CT molecular complexity index is 396. The molecule has 3 nitrogen and oxygen atoms in total. The van der Waals surface area contributed by atoms with Crippen molar-refractivity contribution in [3.63, 3.8) is 0 Å². The molecule has 0 radical (unpaired) electrons. The van der Waals surface area contributed by atoms with Crippen LogP contribution in [0.25, 0.3) is 0 Å². The number of hydrogen-bond donors (Lipinski definition) is 1. The molecule has 16 heavy (non-hydrogen) atoms. The lowest BCUT2D eigenvalue weighted by atomic mass is 10.2. The first-order valence-corrected chi connectivity index (χ1v) is 5.29. The van der Waals surface area contributed by atoms with E-state index in [1.807, 2.05) is 19.0 Å². The summed E-state index contributed by atoms with van der Waals surface area (Å²) in [4.78, 5) is 12.8. The molecule has 0 fully saturated rings. The average Bonchev–Trinajstić information content (AvgIpc) is 2.16. The Morgan fingerprint density at radius 1 is 1.50 bits per heavy atom. The third kappa shape index (κ3) is 3.25. The van der Waals surface area contributed by atoms with E-state index in [1.54, 1.807) is 12.1 Å². The van der Waals surface area contributed by atoms with Crippen molar-refractivity contribution in [1.29, 1.82) is 0 Å². The van der Waals surface area contributed by atoms with Crippen LogP contribution < -0.4 is 10.2 Å². The van der Waals surface area contributed by atoms with Crippen molar-refractivity contribution < 1.29 is 9.18 Å². The summed E-state index contributed by atoms with van der Waals surface area (Å²) in [6, 6.07) is 4.88. The molecule has 1 aromatic rings. The minimum absolute atomic E-state index is 0.406. The quantitative estimate of drug-likeness (QED) is 0.852. The molecule has 1 N–H and O–H groups in total. The zero-order chi connectivity index (χ0) is 12.3. The Balaban J connectivity index is 2.85. The number of benzene rings is 1. The highest BCUT2D eigenvalue weighted by molar-refractivity contribution is 6.34. The van der Waals surface area contributed by atoms with Crippen LogP contribution >= 0.6 is 23.2 Å². The number of alkyl halides is 2. The fourth-order valence-corrected chi connectivity index (χ4v) is 1.55. The van der Waals surface area contributed by atoms with Crippen molar-refractivity contribution in [1.82, 2.24) is 0 Å². The van der Waals surface area contributed by atoms with Gasteiger partial charge in [0.15, 0.2) is 0 Å². The Morgan fingerprint density at radius 2 is 2.12 bits per heavy atom. The number of rotatable bonds is 3. The molecule has 0 spiro atoms. The largest absolute Gasteiger partial charge is 0.376 e. The number of carbonyl (C=O) groups excluding carboxylic acids is 1. The van der Waals surface area contributed by atoms with Crippen molar-refractivity contribution in [2.45, 2.75) is 5.63 Å². The summed E-state index contributed by atoms with van der Waals surface area (Å²) >= 11 is 10.9. The first-order chi connectivity index (χ1) is 7.41. The summed E-state index contributed by atoms with van der Waals surface area (Å²) in [6.45, 7) is 0. The lowest BCUT2D eigenvalue weighted by Crippen LogP contribution is -2.19. The summed E-state index contributed by atoms with van der Waals surface area (Å²) in [7, 11) is 3.69. The average molecular weight is 265 g/mol. The lowest BCUT2D eigenvalue weighted by Gasteiger charge is -2.15. The maximum atomic E-state index is 12.4. The summed E-state index contributed by atoms with van der Waals surface area (Å²) in [5.74, 6) is -0.907. The van der Waals surface area contributed by atoms with Crippen LogP contribution in [-0.2, 0) is 4.79 Å². The van der Waals surface area contributed by atoms with E-state index in [2.05, 4.69) is 5.32 Å². The van der Waals surface area contributed by atoms with E-state index in [0.717, 1.165) is 5.69 Å². The van der Waals surface area contributed by atoms with E-state index in [-0.39, 0.29) is 0 Å². The SMILES string of the molecule is CN(C)c1ccc(NC(=O)C(F)Cl)cc1Cl. The van der Waals surface area contributed by atoms with E-state index in [1.165, 1.54) is 6.07 Å². The molecule has 1 aromatic carbocycles. The van der Waals surface area contributed by atoms with E-state index in [9.17, 15) is 9.18 Å². The number of amides is 1. The molecule has 0 saturated carbocycles. The minimum atomic E-state index is -2.06. The molecule has 1 rings (SSSR count). The normalized spacial score (nSPS) is 12.1. The topological polar surface area (TPSA) is 32.3 Å². The molecule has 6 heteroatoms. The van der Waals surface area contributed by atoms with Gasteiger partial charge in [0.05, 0.1) is 10.7 Å². The van der Waals surface area contributed by atoms with Gasteiger partial charge in [0.25, 0.3) is 11.5 Å². The second-order valence-electron chi connectivity index (χ2n) is 3.35. The van der Waals surface area contributed by atoms with Gasteiger partial charge < -0.3 is 10.2 Å². The third-order valence-electron chi connectivity index (χ3n) is 1.90. The van der Waals surface area contributed by atoms with Gasteiger partial charge in [-0.1, -0.05) is 23.2 Å². The Kier molecular flexibility index (Phi) is 4.38. The number of hydrogen-bond acceptors (Lipinski definition) is 2. The number of carbonyl (C=O) groups is 1. The number of halogens is 3. The monoisotopic (exact) mass is 264 g/mol. The van der Waals surface area contributed by atoms with Gasteiger partial charge in [-0.05, 0) is 18.2 Å². The molecule has 0 aliphatic rings. The molecule has 0 aliphatic heterocycles. The van der Waals surface area contributed by atoms with Gasteiger partial charge in [-0.15, -0.1) is 0 Å². The second kappa shape index (κ2) is 5.37. The maximum absolute atomic E-state index is 12.4. The first kappa shape index (κ1) is 13.1. The van der Waals surface area contributed by atoms with Crippen LogP contribution in [0.2, 0.25) is 5.02 Å². The van der Waals surface area contributed by atoms with Gasteiger partial charge in [0.2, 0.25) is 0 Å². The van der Waals surface area contributed by atoms with Crippen LogP contribution in [0.15, 0.2) is 18.2 Å². The standard InChI is InChI=1S/C10H11Cl2FN2O/c1-15(2)8-4-3-6(5-7(8)11)14-10(16)9(12)13/h3-5,9H,1-2H3,(H,14,16). The Labute approximate surface area is 103 Å². The van der Waals surface area contributed by atoms with Crippen LogP contribution in [-0.4, -0.2) is 25.6 Å². The summed E-state index contributed by atoms with van der Waals surface area (Å²) in [5.41, 5.74) is -0.849. The molecule has 1 amide bonds. The molecule has 0 aromatic heterocycles. The van der Waals surface area contributed by atoms with Crippen molar-refractivity contribution in [2.75, 3.05) is 24.3 Å². The van der Waals surface area contributed by atoms with Crippen molar-refractivity contribution in [3.05, 3.63) is 23.2 Å². The molecule has 88 valence electrons. The van der Waals surface area contributed by atoms with Crippen molar-refractivity contribution in [3.8, 4) is 0 Å². The molecule has 1 atom stereocenters. The van der Waals surface area contributed by atoms with E-state index < -0.39 is 11.5 Å². The fourth-order valence-electron chi connectivity index (χ4n) is 1.14. The van der Waals surface area contributed by atoms with Gasteiger partial charge in [-0.2, -0.15) is 0 Å². The second-order valence-corrected chi connectivity index (χ2v) is 4.14. The van der Waals surface area contributed by atoms with E-state index in [4.69, 9.17) is 23.2 Å². The molecular weight excluding hydrogens is 254 g/mol. The predicted molar refractivity (Wildman–Crippen MR) is 65.2 cm³/mol. The number of nitrogens with one attached hydrogen (secondary N) is 1. The Morgan fingerprint density at radius 3 is 2.56 bits per heavy atom. The highest BCUT2D eigenvalue weighted by atomic mass is 35.5. The van der Waals surface area contributed by atoms with Crippen LogP contribution in [0.1, 0.15) is 0 Å². The predicted octanol–water partition coefficient (Wildman–Crippen LogP) is 2.88. The van der Waals surface area contributed by atoms with Crippen LogP contribution in [0.3, 0.4) is 0 Å². The van der Waals surface area contributed by atoms with Gasteiger partial charge in [0.1, 0.15) is 0 Å².